The molecule has 1 saturated heterocycles. The van der Waals surface area contributed by atoms with Crippen LogP contribution in [0.4, 0.5) is 0 Å². The lowest BCUT2D eigenvalue weighted by Crippen LogP contribution is -2.51. The van der Waals surface area contributed by atoms with E-state index in [2.05, 4.69) is 0 Å². The summed E-state index contributed by atoms with van der Waals surface area (Å²) in [6, 6.07) is 0. The Bertz CT molecular complexity index is 322. The minimum Gasteiger partial charge on any atom is -0.376 e. The number of hydrogen-bond acceptors (Lipinski definition) is 6. The van der Waals surface area contributed by atoms with Crippen LogP contribution >= 0.6 is 11.8 Å². The number of thioether (sulfide) groups is 1. The van der Waals surface area contributed by atoms with Crippen LogP contribution in [0.5, 0.6) is 0 Å². The Morgan fingerprint density at radius 3 is 2.82 bits per heavy atom. The number of nitrogens with zero attached hydrogens (tertiary/aromatic N) is 1. The molecule has 2 atom stereocenters. The molecule has 2 N–H and O–H groups in total. The number of nitrogens with two attached hydrogens (primary N) is 1. The zero-order valence-electron chi connectivity index (χ0n) is 10.5. The van der Waals surface area contributed by atoms with Crippen molar-refractivity contribution in [1.29, 1.82) is 0 Å². The molecule has 0 amide bonds. The summed E-state index contributed by atoms with van der Waals surface area (Å²) in [5.74, 6) is 1.61. The van der Waals surface area contributed by atoms with Gasteiger partial charge in [-0.25, -0.2) is 8.42 Å². The van der Waals surface area contributed by atoms with Gasteiger partial charge in [-0.05, 0) is 6.92 Å². The maximum Gasteiger partial charge on any atom is 0.164 e. The summed E-state index contributed by atoms with van der Waals surface area (Å²) in [5.41, 5.74) is 5.62. The topological polar surface area (TPSA) is 72.6 Å². The molecule has 17 heavy (non-hydrogen) atoms. The molecule has 0 saturated carbocycles. The molecule has 5 nitrogen and oxygen atoms in total. The molecule has 1 aliphatic heterocycles. The molecule has 1 aliphatic rings. The van der Waals surface area contributed by atoms with Gasteiger partial charge in [0.25, 0.3) is 0 Å². The van der Waals surface area contributed by atoms with Crippen LogP contribution in [0.3, 0.4) is 0 Å². The second kappa shape index (κ2) is 6.94. The van der Waals surface area contributed by atoms with E-state index in [0.29, 0.717) is 25.4 Å². The average molecular weight is 282 g/mol. The van der Waals surface area contributed by atoms with Crippen molar-refractivity contribution < 1.29 is 13.2 Å². The second-order valence-electron chi connectivity index (χ2n) is 4.17. The molecule has 0 radical (unpaired) electrons. The lowest BCUT2D eigenvalue weighted by Gasteiger charge is -2.35. The van der Waals surface area contributed by atoms with Gasteiger partial charge in [0.1, 0.15) is 5.37 Å². The van der Waals surface area contributed by atoms with Crippen molar-refractivity contribution in [3.05, 3.63) is 0 Å². The zero-order valence-corrected chi connectivity index (χ0v) is 12.1. The summed E-state index contributed by atoms with van der Waals surface area (Å²) in [7, 11) is -3.04. The monoisotopic (exact) mass is 282 g/mol. The third kappa shape index (κ3) is 4.75. The highest BCUT2D eigenvalue weighted by molar-refractivity contribution is 8.00. The molecule has 0 aliphatic carbocycles. The van der Waals surface area contributed by atoms with Crippen molar-refractivity contribution in [2.45, 2.75) is 18.4 Å². The molecule has 0 aromatic rings. The quantitative estimate of drug-likeness (QED) is 0.725. The lowest BCUT2D eigenvalue weighted by molar-refractivity contribution is 0.0382. The highest BCUT2D eigenvalue weighted by atomic mass is 32.2. The van der Waals surface area contributed by atoms with Crippen LogP contribution in [-0.4, -0.2) is 68.8 Å². The van der Waals surface area contributed by atoms with E-state index < -0.39 is 15.2 Å². The van der Waals surface area contributed by atoms with Gasteiger partial charge in [0.15, 0.2) is 9.84 Å². The van der Waals surface area contributed by atoms with Crippen LogP contribution in [0.25, 0.3) is 0 Å². The van der Waals surface area contributed by atoms with Gasteiger partial charge in [0.2, 0.25) is 0 Å². The molecule has 2 unspecified atom stereocenters. The second-order valence-corrected chi connectivity index (χ2v) is 7.52. The molecular formula is C10H22N2O3S2. The van der Waals surface area contributed by atoms with Crippen molar-refractivity contribution in [3.63, 3.8) is 0 Å². The van der Waals surface area contributed by atoms with Gasteiger partial charge in [-0.2, -0.15) is 11.8 Å². The van der Waals surface area contributed by atoms with E-state index in [1.807, 2.05) is 11.8 Å². The number of sulfone groups is 1. The van der Waals surface area contributed by atoms with E-state index in [4.69, 9.17) is 10.5 Å². The highest BCUT2D eigenvalue weighted by Crippen LogP contribution is 2.20. The van der Waals surface area contributed by atoms with E-state index in [-0.39, 0.29) is 6.10 Å². The first-order valence-electron chi connectivity index (χ1n) is 5.81. The summed E-state index contributed by atoms with van der Waals surface area (Å²) in [5, 5.41) is -0.393. The summed E-state index contributed by atoms with van der Waals surface area (Å²) in [4.78, 5) is 1.99. The Kier molecular flexibility index (Phi) is 6.22. The van der Waals surface area contributed by atoms with Crippen molar-refractivity contribution in [1.82, 2.24) is 4.90 Å². The van der Waals surface area contributed by atoms with Gasteiger partial charge < -0.3 is 10.5 Å². The van der Waals surface area contributed by atoms with Gasteiger partial charge in [0, 0.05) is 44.0 Å². The minimum absolute atomic E-state index is 0.0765. The van der Waals surface area contributed by atoms with Crippen LogP contribution < -0.4 is 5.73 Å². The predicted molar refractivity (Wildman–Crippen MR) is 72.0 cm³/mol. The maximum atomic E-state index is 11.7. The molecule has 1 heterocycles. The zero-order chi connectivity index (χ0) is 12.9. The van der Waals surface area contributed by atoms with E-state index in [9.17, 15) is 8.42 Å². The van der Waals surface area contributed by atoms with Gasteiger partial charge >= 0.3 is 0 Å². The van der Waals surface area contributed by atoms with Gasteiger partial charge in [-0.1, -0.05) is 0 Å². The first-order chi connectivity index (χ1) is 7.99. The summed E-state index contributed by atoms with van der Waals surface area (Å²) >= 11 is 1.69. The average Bonchev–Trinajstić information content (AvgIpc) is 2.27. The first kappa shape index (κ1) is 15.2. The fourth-order valence-electron chi connectivity index (χ4n) is 1.91. The summed E-state index contributed by atoms with van der Waals surface area (Å²) < 4.78 is 28.9. The van der Waals surface area contributed by atoms with Crippen molar-refractivity contribution >= 4 is 21.6 Å². The largest absolute Gasteiger partial charge is 0.376 e. The van der Waals surface area contributed by atoms with Gasteiger partial charge in [0.05, 0.1) is 6.10 Å². The molecule has 7 heteroatoms. The van der Waals surface area contributed by atoms with Crippen molar-refractivity contribution in [3.8, 4) is 0 Å². The van der Waals surface area contributed by atoms with Crippen LogP contribution in [0.2, 0.25) is 0 Å². The smallest absolute Gasteiger partial charge is 0.164 e. The normalized spacial score (nSPS) is 24.8. The third-order valence-corrected chi connectivity index (χ3v) is 5.48. The first-order valence-corrected chi connectivity index (χ1v) is 8.92. The van der Waals surface area contributed by atoms with Crippen LogP contribution in [0, 0.1) is 0 Å². The summed E-state index contributed by atoms with van der Waals surface area (Å²) in [6.07, 6.45) is 1.22. The molecule has 102 valence electrons. The van der Waals surface area contributed by atoms with Crippen molar-refractivity contribution in [2.75, 3.05) is 44.0 Å². The fourth-order valence-corrected chi connectivity index (χ4v) is 4.86. The molecule has 0 spiro atoms. The SMILES string of the molecule is CCOC(CN)CN1CCSCC1S(C)(=O)=O. The van der Waals surface area contributed by atoms with E-state index >= 15 is 0 Å². The summed E-state index contributed by atoms with van der Waals surface area (Å²) in [6.45, 7) is 4.33. The molecule has 0 aromatic heterocycles. The van der Waals surface area contributed by atoms with E-state index in [0.717, 1.165) is 12.3 Å². The maximum absolute atomic E-state index is 11.7. The number of hydrogen-bond donors (Lipinski definition) is 1. The number of ether oxygens (including phenoxy) is 1. The minimum atomic E-state index is -3.04. The highest BCUT2D eigenvalue weighted by Gasteiger charge is 2.32. The Morgan fingerprint density at radius 2 is 2.29 bits per heavy atom. The molecular weight excluding hydrogens is 260 g/mol. The van der Waals surface area contributed by atoms with Crippen LogP contribution in [0.1, 0.15) is 6.92 Å². The van der Waals surface area contributed by atoms with E-state index in [1.165, 1.54) is 6.26 Å². The third-order valence-electron chi connectivity index (χ3n) is 2.79. The molecule has 1 fully saturated rings. The Balaban J connectivity index is 2.65. The van der Waals surface area contributed by atoms with Gasteiger partial charge in [-0.15, -0.1) is 0 Å². The number of rotatable bonds is 6. The predicted octanol–water partition coefficient (Wildman–Crippen LogP) is -0.230. The fraction of sp³-hybridized carbons (Fsp3) is 1.00. The van der Waals surface area contributed by atoms with Crippen LogP contribution in [0.15, 0.2) is 0 Å². The Labute approximate surface area is 108 Å². The Morgan fingerprint density at radius 1 is 1.59 bits per heavy atom. The van der Waals surface area contributed by atoms with Crippen LogP contribution in [-0.2, 0) is 14.6 Å². The molecule has 0 aromatic carbocycles. The van der Waals surface area contributed by atoms with Gasteiger partial charge in [-0.3, -0.25) is 4.90 Å². The lowest BCUT2D eigenvalue weighted by atomic mass is 10.3. The molecule has 0 bridgehead atoms. The Hall–Kier alpha value is 0.180. The molecule has 1 rings (SSSR count). The standard InChI is InChI=1S/C10H22N2O3S2/c1-3-15-9(6-11)7-12-4-5-16-8-10(12)17(2,13)14/h9-10H,3-8,11H2,1-2H3. The van der Waals surface area contributed by atoms with E-state index in [1.54, 1.807) is 11.8 Å². The van der Waals surface area contributed by atoms with Crippen molar-refractivity contribution in [2.24, 2.45) is 5.73 Å².